The van der Waals surface area contributed by atoms with Crippen LogP contribution in [0.1, 0.15) is 42.6 Å². The SMILES string of the molecule is C[C@@H](O)[C@@H]1C(=O)N2C(C(=O)[O-])=C(SCCSC(=S)NC3CCN(c4nc5c(cc4F)c(=O)c(C(=O)[O-])cn5C4CC4)C3)S[C@H]12.[Na+].[Na+]. The fourth-order valence-corrected chi connectivity index (χ4v) is 9.78. The second-order valence-electron chi connectivity index (χ2n) is 10.9. The Morgan fingerprint density at radius 3 is 2.57 bits per heavy atom. The number of thioether (sulfide) groups is 3. The number of β-lactam (4-membered cyclic amide) rings is 1. The largest absolute Gasteiger partial charge is 1.00 e. The zero-order chi connectivity index (χ0) is 31.4. The number of carboxylic acid groups (broad SMARTS) is 2. The van der Waals surface area contributed by atoms with Crippen LogP contribution in [0.5, 0.6) is 0 Å². The van der Waals surface area contributed by atoms with Gasteiger partial charge in [-0.25, -0.2) is 9.37 Å². The summed E-state index contributed by atoms with van der Waals surface area (Å²) in [6.45, 7) is 2.41. The number of hydrogen-bond donors (Lipinski definition) is 2. The number of fused-ring (bicyclic) bond motifs is 2. The fourth-order valence-electron chi connectivity index (χ4n) is 5.63. The fraction of sp³-hybridized carbons (Fsp3) is 0.481. The van der Waals surface area contributed by atoms with Gasteiger partial charge in [0, 0.05) is 42.9 Å². The second kappa shape index (κ2) is 15.4. The molecular formula is C27H26FN5Na2O7S4. The zero-order valence-electron chi connectivity index (χ0n) is 25.2. The molecule has 1 amide bonds. The molecule has 3 aliphatic heterocycles. The van der Waals surface area contributed by atoms with Crippen molar-refractivity contribution in [2.24, 2.45) is 5.92 Å². The monoisotopic (exact) mass is 725 g/mol. The summed E-state index contributed by atoms with van der Waals surface area (Å²) in [6, 6.07) is 0.960. The Balaban J connectivity index is 0.00000240. The number of carbonyl (C=O) groups is 3. The summed E-state index contributed by atoms with van der Waals surface area (Å²) in [5, 5.41) is 35.8. The normalized spacial score (nSPS) is 22.6. The molecule has 1 unspecified atom stereocenters. The summed E-state index contributed by atoms with van der Waals surface area (Å²) in [4.78, 5) is 55.7. The Hall–Kier alpha value is -0.860. The summed E-state index contributed by atoms with van der Waals surface area (Å²) in [5.74, 6) is -3.66. The van der Waals surface area contributed by atoms with E-state index in [1.165, 1.54) is 53.3 Å². The third-order valence-electron chi connectivity index (χ3n) is 7.92. The summed E-state index contributed by atoms with van der Waals surface area (Å²) < 4.78 is 17.9. The maximum atomic E-state index is 15.2. The molecule has 3 fully saturated rings. The van der Waals surface area contributed by atoms with Crippen molar-refractivity contribution in [3.63, 3.8) is 0 Å². The number of aliphatic hydroxyl groups is 1. The van der Waals surface area contributed by atoms with E-state index >= 15 is 4.39 Å². The average molecular weight is 726 g/mol. The minimum Gasteiger partial charge on any atom is -0.545 e. The van der Waals surface area contributed by atoms with Crippen molar-refractivity contribution >= 4 is 86.5 Å². The molecule has 2 aromatic heterocycles. The number of amides is 1. The minimum absolute atomic E-state index is 0. The molecule has 19 heteroatoms. The number of aromatic carboxylic acids is 1. The molecule has 2 aromatic rings. The van der Waals surface area contributed by atoms with E-state index in [1.54, 1.807) is 9.47 Å². The van der Waals surface area contributed by atoms with E-state index < -0.39 is 52.1 Å². The van der Waals surface area contributed by atoms with E-state index in [4.69, 9.17) is 12.2 Å². The van der Waals surface area contributed by atoms with E-state index in [9.17, 15) is 34.5 Å². The van der Waals surface area contributed by atoms with Crippen molar-refractivity contribution < 1.29 is 93.2 Å². The molecule has 1 saturated carbocycles. The second-order valence-corrected chi connectivity index (χ2v) is 15.2. The topological polar surface area (TPSA) is 171 Å². The molecule has 234 valence electrons. The Morgan fingerprint density at radius 1 is 1.22 bits per heavy atom. The van der Waals surface area contributed by atoms with Crippen LogP contribution in [0.15, 0.2) is 27.0 Å². The Kier molecular flexibility index (Phi) is 12.7. The first-order valence-electron chi connectivity index (χ1n) is 13.9. The summed E-state index contributed by atoms with van der Waals surface area (Å²) in [5.41, 5.74) is -1.24. The van der Waals surface area contributed by atoms with Gasteiger partial charge in [-0.1, -0.05) is 35.7 Å². The number of nitrogens with one attached hydrogen (secondary N) is 1. The van der Waals surface area contributed by atoms with Crippen LogP contribution in [0, 0.1) is 11.7 Å². The van der Waals surface area contributed by atoms with Crippen molar-refractivity contribution in [1.82, 2.24) is 19.8 Å². The molecule has 12 nitrogen and oxygen atoms in total. The molecular weight excluding hydrogens is 700 g/mol. The van der Waals surface area contributed by atoms with Gasteiger partial charge in [-0.15, -0.1) is 11.8 Å². The Bertz CT molecular complexity index is 1690. The number of nitrogens with zero attached hydrogens (tertiary/aromatic N) is 4. The predicted octanol–water partition coefficient (Wildman–Crippen LogP) is -6.01. The first kappa shape index (κ1) is 38.0. The van der Waals surface area contributed by atoms with Gasteiger partial charge in [0.2, 0.25) is 5.91 Å². The molecule has 46 heavy (non-hydrogen) atoms. The van der Waals surface area contributed by atoms with E-state index in [0.29, 0.717) is 39.6 Å². The maximum absolute atomic E-state index is 15.2. The molecule has 0 aromatic carbocycles. The minimum atomic E-state index is -1.61. The number of carboxylic acids is 2. The van der Waals surface area contributed by atoms with Gasteiger partial charge in [-0.05, 0) is 32.3 Å². The first-order valence-corrected chi connectivity index (χ1v) is 17.1. The maximum Gasteiger partial charge on any atom is 1.00 e. The van der Waals surface area contributed by atoms with E-state index in [2.05, 4.69) is 10.3 Å². The van der Waals surface area contributed by atoms with Crippen LogP contribution in [0.4, 0.5) is 10.2 Å². The number of thiocarbonyl (C=S) groups is 1. The van der Waals surface area contributed by atoms with Gasteiger partial charge in [0.25, 0.3) is 0 Å². The van der Waals surface area contributed by atoms with Crippen molar-refractivity contribution in [2.75, 3.05) is 29.5 Å². The Labute approximate surface area is 325 Å². The number of carbonyl (C=O) groups excluding carboxylic acids is 3. The Morgan fingerprint density at radius 2 is 1.93 bits per heavy atom. The number of aromatic nitrogens is 2. The standard InChI is InChI=1S/C27H28FN5O7S4.2Na/c1-11(34)17-22(36)33-18(25(39)40)26(44-23(17)33)42-6-7-43-27(41)29-12-4-5-31(9-12)21-16(28)8-14-19(35)15(24(37)38)10-32(13-2-3-13)20(14)30-21;;/h8,10-13,17,23,34H,2-7,9H2,1H3,(H,29,41)(H,37,38)(H,39,40);;/q;2*+1/p-2/t11-,12?,17-,23-;;/m1../s1. The van der Waals surface area contributed by atoms with Gasteiger partial charge in [0.1, 0.15) is 15.3 Å². The summed E-state index contributed by atoms with van der Waals surface area (Å²) in [7, 11) is 0. The van der Waals surface area contributed by atoms with Gasteiger partial charge >= 0.3 is 59.1 Å². The molecule has 5 heterocycles. The first-order chi connectivity index (χ1) is 21.0. The molecule has 4 aliphatic rings. The number of halogens is 1. The zero-order valence-corrected chi connectivity index (χ0v) is 32.5. The molecule has 1 aliphatic carbocycles. The van der Waals surface area contributed by atoms with Crippen LogP contribution in [-0.2, 0) is 9.59 Å². The van der Waals surface area contributed by atoms with Gasteiger partial charge in [-0.3, -0.25) is 14.5 Å². The molecule has 6 rings (SSSR count). The van der Waals surface area contributed by atoms with Gasteiger partial charge < -0.3 is 39.7 Å². The van der Waals surface area contributed by atoms with Gasteiger partial charge in [0.05, 0.1) is 44.8 Å². The number of hydrogen-bond acceptors (Lipinski definition) is 13. The molecule has 0 bridgehead atoms. The van der Waals surface area contributed by atoms with Crippen LogP contribution in [-0.4, -0.2) is 83.8 Å². The van der Waals surface area contributed by atoms with E-state index in [0.717, 1.165) is 18.9 Å². The third-order valence-corrected chi connectivity index (χ3v) is 12.1. The smallest absolute Gasteiger partial charge is 0.545 e. The number of rotatable bonds is 10. The molecule has 0 spiro atoms. The quantitative estimate of drug-likeness (QED) is 0.103. The van der Waals surface area contributed by atoms with Crippen molar-refractivity contribution in [2.45, 2.75) is 49.7 Å². The van der Waals surface area contributed by atoms with E-state index in [1.807, 2.05) is 0 Å². The predicted molar refractivity (Wildman–Crippen MR) is 165 cm³/mol. The summed E-state index contributed by atoms with van der Waals surface area (Å²) in [6.07, 6.45) is 2.63. The van der Waals surface area contributed by atoms with Crippen molar-refractivity contribution in [1.29, 1.82) is 0 Å². The molecule has 2 saturated heterocycles. The van der Waals surface area contributed by atoms with Crippen LogP contribution < -0.4 is 85.0 Å². The summed E-state index contributed by atoms with van der Waals surface area (Å²) >= 11 is 9.43. The van der Waals surface area contributed by atoms with Gasteiger partial charge in [-0.2, -0.15) is 0 Å². The average Bonchev–Trinajstić information content (AvgIpc) is 3.61. The van der Waals surface area contributed by atoms with Crippen LogP contribution in [0.25, 0.3) is 11.0 Å². The number of aliphatic carboxylic acids is 1. The van der Waals surface area contributed by atoms with Crippen LogP contribution in [0.3, 0.4) is 0 Å². The number of aliphatic hydroxyl groups excluding tert-OH is 1. The number of pyridine rings is 2. The molecule has 2 N–H and O–H groups in total. The third kappa shape index (κ3) is 7.34. The molecule has 0 radical (unpaired) electrons. The van der Waals surface area contributed by atoms with Crippen LogP contribution in [0.2, 0.25) is 0 Å². The van der Waals surface area contributed by atoms with Crippen molar-refractivity contribution in [3.05, 3.63) is 43.8 Å². The van der Waals surface area contributed by atoms with Gasteiger partial charge in [0.15, 0.2) is 17.1 Å². The van der Waals surface area contributed by atoms with Crippen LogP contribution >= 0.6 is 47.5 Å². The molecule has 4 atom stereocenters. The van der Waals surface area contributed by atoms with Crippen molar-refractivity contribution in [3.8, 4) is 0 Å². The number of anilines is 1. The van der Waals surface area contributed by atoms with E-state index in [-0.39, 0.29) is 93.7 Å².